The number of nitrogen functional groups attached to an aromatic ring is 1. The number of piperazine rings is 1. The maximum absolute atomic E-state index is 13.0. The molecule has 1 aromatic carbocycles. The van der Waals surface area contributed by atoms with Crippen LogP contribution in [0.2, 0.25) is 0 Å². The summed E-state index contributed by atoms with van der Waals surface area (Å²) in [6.07, 6.45) is 0. The molecule has 30 heavy (non-hydrogen) atoms. The molecular formula is C20H26N8OS. The lowest BCUT2D eigenvalue weighted by Gasteiger charge is -2.37. The van der Waals surface area contributed by atoms with Gasteiger partial charge in [0.25, 0.3) is 5.95 Å². The van der Waals surface area contributed by atoms with Crippen molar-refractivity contribution in [3.05, 3.63) is 47.8 Å². The summed E-state index contributed by atoms with van der Waals surface area (Å²) in [6, 6.07) is 12.2. The summed E-state index contributed by atoms with van der Waals surface area (Å²) in [5.41, 5.74) is 2.99. The number of nitrogens with zero attached hydrogens (tertiary/aromatic N) is 7. The van der Waals surface area contributed by atoms with Gasteiger partial charge >= 0.3 is 0 Å². The van der Waals surface area contributed by atoms with Gasteiger partial charge in [-0.25, -0.2) is 9.36 Å². The smallest absolute Gasteiger partial charge is 0.271 e. The first-order valence-corrected chi connectivity index (χ1v) is 10.8. The molecule has 0 bridgehead atoms. The number of hydrogen-bond acceptors (Lipinski definition) is 7. The second-order valence-corrected chi connectivity index (χ2v) is 8.71. The van der Waals surface area contributed by atoms with Crippen molar-refractivity contribution >= 4 is 23.4 Å². The van der Waals surface area contributed by atoms with Crippen LogP contribution >= 0.6 is 11.8 Å². The molecule has 1 amide bonds. The number of aromatic nitrogens is 5. The predicted molar refractivity (Wildman–Crippen MR) is 117 cm³/mol. The van der Waals surface area contributed by atoms with E-state index in [0.717, 1.165) is 24.5 Å². The van der Waals surface area contributed by atoms with E-state index in [4.69, 9.17) is 5.84 Å². The first kappa shape index (κ1) is 20.3. The zero-order valence-electron chi connectivity index (χ0n) is 17.4. The molecule has 158 valence electrons. The van der Waals surface area contributed by atoms with Crippen LogP contribution in [0.15, 0.2) is 41.6 Å². The second-order valence-electron chi connectivity index (χ2n) is 7.40. The van der Waals surface area contributed by atoms with Gasteiger partial charge in [-0.1, -0.05) is 30.0 Å². The Hall–Kier alpha value is -3.01. The van der Waals surface area contributed by atoms with Gasteiger partial charge in [0.05, 0.1) is 10.9 Å². The van der Waals surface area contributed by atoms with Crippen molar-refractivity contribution in [2.75, 3.05) is 36.9 Å². The van der Waals surface area contributed by atoms with Gasteiger partial charge in [-0.2, -0.15) is 5.10 Å². The average Bonchev–Trinajstić information content (AvgIpc) is 3.28. The molecule has 2 N–H and O–H groups in total. The highest BCUT2D eigenvalue weighted by Gasteiger charge is 2.27. The molecule has 3 aromatic rings. The number of benzene rings is 1. The summed E-state index contributed by atoms with van der Waals surface area (Å²) >= 11 is 1.32. The average molecular weight is 427 g/mol. The van der Waals surface area contributed by atoms with Crippen LogP contribution in [0.3, 0.4) is 0 Å². The quantitative estimate of drug-likeness (QED) is 0.489. The lowest BCUT2D eigenvalue weighted by molar-refractivity contribution is -0.130. The third-order valence-electron chi connectivity index (χ3n) is 5.19. The summed E-state index contributed by atoms with van der Waals surface area (Å²) in [4.78, 5) is 17.2. The summed E-state index contributed by atoms with van der Waals surface area (Å²) in [7, 11) is 0. The zero-order chi connectivity index (χ0) is 21.3. The Morgan fingerprint density at radius 3 is 2.43 bits per heavy atom. The van der Waals surface area contributed by atoms with Crippen molar-refractivity contribution in [3.8, 4) is 5.95 Å². The maximum atomic E-state index is 13.0. The minimum Gasteiger partial charge on any atom is -0.368 e. The molecule has 2 aromatic heterocycles. The standard InChI is InChI=1S/C20H26N8OS/c1-14-13-15(2)28(24-14)19-22-23-20(27(19)21)30-16(3)18(29)26-11-9-25(10-12-26)17-7-5-4-6-8-17/h4-8,13,16H,9-12,21H2,1-3H3. The zero-order valence-corrected chi connectivity index (χ0v) is 18.2. The highest BCUT2D eigenvalue weighted by molar-refractivity contribution is 8.00. The van der Waals surface area contributed by atoms with Crippen LogP contribution in [0.5, 0.6) is 0 Å². The first-order valence-electron chi connectivity index (χ1n) is 9.93. The van der Waals surface area contributed by atoms with E-state index < -0.39 is 0 Å². The van der Waals surface area contributed by atoms with Gasteiger partial charge in [0.15, 0.2) is 0 Å². The third kappa shape index (κ3) is 4.00. The lowest BCUT2D eigenvalue weighted by Crippen LogP contribution is -2.50. The summed E-state index contributed by atoms with van der Waals surface area (Å²) in [6.45, 7) is 8.77. The Bertz CT molecular complexity index is 1020. The lowest BCUT2D eigenvalue weighted by atomic mass is 10.2. The number of para-hydroxylation sites is 1. The monoisotopic (exact) mass is 426 g/mol. The molecule has 1 fully saturated rings. The van der Waals surface area contributed by atoms with Crippen molar-refractivity contribution in [1.29, 1.82) is 0 Å². The number of carbonyl (C=O) groups is 1. The Morgan fingerprint density at radius 1 is 1.10 bits per heavy atom. The molecular weight excluding hydrogens is 400 g/mol. The van der Waals surface area contributed by atoms with E-state index in [2.05, 4.69) is 32.3 Å². The molecule has 0 aliphatic carbocycles. The highest BCUT2D eigenvalue weighted by atomic mass is 32.2. The third-order valence-corrected chi connectivity index (χ3v) is 6.23. The van der Waals surface area contributed by atoms with Crippen LogP contribution in [-0.2, 0) is 4.79 Å². The van der Waals surface area contributed by atoms with Gasteiger partial charge < -0.3 is 15.6 Å². The Balaban J connectivity index is 1.38. The number of thioether (sulfide) groups is 1. The van der Waals surface area contributed by atoms with Gasteiger partial charge in [-0.3, -0.25) is 4.79 Å². The number of rotatable bonds is 5. The van der Waals surface area contributed by atoms with Crippen molar-refractivity contribution in [1.82, 2.24) is 29.6 Å². The number of aryl methyl sites for hydroxylation is 2. The number of amides is 1. The van der Waals surface area contributed by atoms with E-state index in [1.54, 1.807) is 4.68 Å². The molecule has 1 unspecified atom stereocenters. The topological polar surface area (TPSA) is 98.1 Å². The number of carbonyl (C=O) groups excluding carboxylic acids is 1. The van der Waals surface area contributed by atoms with E-state index in [0.29, 0.717) is 24.2 Å². The number of nitrogens with two attached hydrogens (primary N) is 1. The fourth-order valence-electron chi connectivity index (χ4n) is 3.62. The molecule has 1 aliphatic rings. The summed E-state index contributed by atoms with van der Waals surface area (Å²) in [5, 5.41) is 12.9. The maximum Gasteiger partial charge on any atom is 0.271 e. The summed E-state index contributed by atoms with van der Waals surface area (Å²) < 4.78 is 3.04. The molecule has 0 spiro atoms. The van der Waals surface area contributed by atoms with E-state index in [9.17, 15) is 4.79 Å². The van der Waals surface area contributed by atoms with E-state index >= 15 is 0 Å². The van der Waals surface area contributed by atoms with Gasteiger partial charge in [-0.05, 0) is 39.0 Å². The largest absolute Gasteiger partial charge is 0.368 e. The van der Waals surface area contributed by atoms with E-state index in [1.165, 1.54) is 22.1 Å². The van der Waals surface area contributed by atoms with Gasteiger partial charge in [0.1, 0.15) is 0 Å². The van der Waals surface area contributed by atoms with Crippen LogP contribution in [0.25, 0.3) is 5.95 Å². The van der Waals surface area contributed by atoms with Gasteiger partial charge in [0.2, 0.25) is 11.1 Å². The van der Waals surface area contributed by atoms with Crippen LogP contribution in [0.4, 0.5) is 5.69 Å². The molecule has 0 radical (unpaired) electrons. The Morgan fingerprint density at radius 2 is 1.80 bits per heavy atom. The molecule has 4 rings (SSSR count). The Kier molecular flexibility index (Phi) is 5.67. The first-order chi connectivity index (χ1) is 14.4. The van der Waals surface area contributed by atoms with Crippen LogP contribution in [0, 0.1) is 13.8 Å². The molecule has 1 aliphatic heterocycles. The minimum absolute atomic E-state index is 0.0865. The molecule has 10 heteroatoms. The highest BCUT2D eigenvalue weighted by Crippen LogP contribution is 2.24. The predicted octanol–water partition coefficient (Wildman–Crippen LogP) is 1.62. The normalized spacial score (nSPS) is 15.4. The molecule has 9 nitrogen and oxygen atoms in total. The van der Waals surface area contributed by atoms with Crippen molar-refractivity contribution < 1.29 is 4.79 Å². The SMILES string of the molecule is Cc1cc(C)n(-c2nnc(SC(C)C(=O)N3CCN(c4ccccc4)CC3)n2N)n1. The van der Waals surface area contributed by atoms with Crippen molar-refractivity contribution in [3.63, 3.8) is 0 Å². The van der Waals surface area contributed by atoms with E-state index in [-0.39, 0.29) is 11.2 Å². The fourth-order valence-corrected chi connectivity index (χ4v) is 4.46. The minimum atomic E-state index is -0.312. The molecule has 1 saturated heterocycles. The Labute approximate surface area is 179 Å². The van der Waals surface area contributed by atoms with Crippen molar-refractivity contribution in [2.24, 2.45) is 0 Å². The van der Waals surface area contributed by atoms with Crippen LogP contribution < -0.4 is 10.7 Å². The second kappa shape index (κ2) is 8.39. The molecule has 1 atom stereocenters. The fraction of sp³-hybridized carbons (Fsp3) is 0.400. The number of anilines is 1. The van der Waals surface area contributed by atoms with Crippen LogP contribution in [-0.4, -0.2) is 66.9 Å². The van der Waals surface area contributed by atoms with E-state index in [1.807, 2.05) is 49.9 Å². The molecule has 0 saturated carbocycles. The van der Waals surface area contributed by atoms with Crippen molar-refractivity contribution in [2.45, 2.75) is 31.2 Å². The summed E-state index contributed by atoms with van der Waals surface area (Å²) in [5.74, 6) is 6.72. The molecule has 3 heterocycles. The number of hydrogen-bond donors (Lipinski definition) is 1. The van der Waals surface area contributed by atoms with Crippen LogP contribution in [0.1, 0.15) is 18.3 Å². The van der Waals surface area contributed by atoms with Gasteiger partial charge in [0, 0.05) is 37.6 Å². The van der Waals surface area contributed by atoms with Gasteiger partial charge in [-0.15, -0.1) is 10.2 Å².